The van der Waals surface area contributed by atoms with Crippen LogP contribution in [0.1, 0.15) is 15.9 Å². The average Bonchev–Trinajstić information content (AvgIpc) is 2.72. The third kappa shape index (κ3) is 2.72. The summed E-state index contributed by atoms with van der Waals surface area (Å²) in [4.78, 5) is 37.7. The van der Waals surface area contributed by atoms with Gasteiger partial charge in [0.2, 0.25) is 0 Å². The molecule has 0 aliphatic carbocycles. The lowest BCUT2D eigenvalue weighted by Crippen LogP contribution is -2.24. The SMILES string of the molecule is Cn1c(=O)c(C(=O)/C=C/c2coc3ccccc3c2=O)c(O)c2ccccc21. The van der Waals surface area contributed by atoms with Gasteiger partial charge in [0.15, 0.2) is 11.2 Å². The summed E-state index contributed by atoms with van der Waals surface area (Å²) in [6, 6.07) is 13.5. The van der Waals surface area contributed by atoms with Gasteiger partial charge in [-0.3, -0.25) is 14.4 Å². The Labute approximate surface area is 158 Å². The van der Waals surface area contributed by atoms with Gasteiger partial charge < -0.3 is 14.1 Å². The second-order valence-corrected chi connectivity index (χ2v) is 6.32. The molecule has 6 nitrogen and oxygen atoms in total. The molecule has 2 aromatic heterocycles. The first-order valence-electron chi connectivity index (χ1n) is 8.52. The molecular weight excluding hydrogens is 358 g/mol. The van der Waals surface area contributed by atoms with Crippen molar-refractivity contribution in [1.29, 1.82) is 0 Å². The minimum Gasteiger partial charge on any atom is -0.506 e. The number of carbonyl (C=O) groups excluding carboxylic acids is 1. The van der Waals surface area contributed by atoms with Crippen molar-refractivity contribution in [3.05, 3.63) is 92.6 Å². The normalized spacial score (nSPS) is 11.5. The van der Waals surface area contributed by atoms with Crippen LogP contribution < -0.4 is 11.0 Å². The molecule has 0 saturated carbocycles. The van der Waals surface area contributed by atoms with Crippen molar-refractivity contribution in [2.24, 2.45) is 7.05 Å². The number of allylic oxidation sites excluding steroid dienone is 1. The summed E-state index contributed by atoms with van der Waals surface area (Å²) < 4.78 is 6.71. The second kappa shape index (κ2) is 6.66. The van der Waals surface area contributed by atoms with Crippen LogP contribution in [-0.2, 0) is 7.05 Å². The van der Waals surface area contributed by atoms with Gasteiger partial charge in [-0.15, -0.1) is 0 Å². The molecule has 0 aliphatic heterocycles. The second-order valence-electron chi connectivity index (χ2n) is 6.32. The van der Waals surface area contributed by atoms with Crippen LogP contribution in [0.15, 0.2) is 74.9 Å². The number of fused-ring (bicyclic) bond motifs is 2. The van der Waals surface area contributed by atoms with Crippen LogP contribution in [0.2, 0.25) is 0 Å². The number of nitrogens with zero attached hydrogens (tertiary/aromatic N) is 1. The van der Waals surface area contributed by atoms with Gasteiger partial charge in [-0.05, 0) is 36.4 Å². The van der Waals surface area contributed by atoms with Crippen LogP contribution in [-0.4, -0.2) is 15.5 Å². The predicted molar refractivity (Wildman–Crippen MR) is 107 cm³/mol. The average molecular weight is 373 g/mol. The van der Waals surface area contributed by atoms with Crippen LogP contribution in [0.3, 0.4) is 0 Å². The van der Waals surface area contributed by atoms with Gasteiger partial charge >= 0.3 is 0 Å². The Kier molecular flexibility index (Phi) is 4.16. The van der Waals surface area contributed by atoms with Crippen molar-refractivity contribution in [2.75, 3.05) is 0 Å². The van der Waals surface area contributed by atoms with E-state index in [1.807, 2.05) is 0 Å². The number of benzene rings is 2. The molecule has 28 heavy (non-hydrogen) atoms. The van der Waals surface area contributed by atoms with E-state index in [1.165, 1.54) is 24.0 Å². The van der Waals surface area contributed by atoms with E-state index in [1.54, 1.807) is 48.5 Å². The molecular formula is C22H15NO5. The highest BCUT2D eigenvalue weighted by Gasteiger charge is 2.19. The molecule has 0 bridgehead atoms. The van der Waals surface area contributed by atoms with Gasteiger partial charge in [-0.25, -0.2) is 0 Å². The summed E-state index contributed by atoms with van der Waals surface area (Å²) in [7, 11) is 1.53. The van der Waals surface area contributed by atoms with Crippen LogP contribution in [0.4, 0.5) is 0 Å². The van der Waals surface area contributed by atoms with E-state index in [0.29, 0.717) is 21.9 Å². The Bertz CT molecular complexity index is 1390. The van der Waals surface area contributed by atoms with E-state index in [4.69, 9.17) is 4.42 Å². The number of aryl methyl sites for hydroxylation is 1. The lowest BCUT2D eigenvalue weighted by molar-refractivity contribution is 0.104. The quantitative estimate of drug-likeness (QED) is 0.440. The van der Waals surface area contributed by atoms with E-state index in [0.717, 1.165) is 6.08 Å². The first-order valence-corrected chi connectivity index (χ1v) is 8.52. The fourth-order valence-corrected chi connectivity index (χ4v) is 3.16. The maximum absolute atomic E-state index is 12.6. The maximum atomic E-state index is 12.6. The van der Waals surface area contributed by atoms with Crippen LogP contribution in [0.25, 0.3) is 27.9 Å². The molecule has 6 heteroatoms. The summed E-state index contributed by atoms with van der Waals surface area (Å²) in [6.45, 7) is 0. The first-order chi connectivity index (χ1) is 13.5. The van der Waals surface area contributed by atoms with Gasteiger partial charge in [0.25, 0.3) is 5.56 Å². The fraction of sp³-hybridized carbons (Fsp3) is 0.0455. The van der Waals surface area contributed by atoms with Gasteiger partial charge in [-0.1, -0.05) is 24.3 Å². The Balaban J connectivity index is 1.81. The monoisotopic (exact) mass is 373 g/mol. The number of aromatic nitrogens is 1. The van der Waals surface area contributed by atoms with E-state index in [9.17, 15) is 19.5 Å². The Morgan fingerprint density at radius 2 is 1.71 bits per heavy atom. The number of rotatable bonds is 3. The van der Waals surface area contributed by atoms with E-state index in [2.05, 4.69) is 0 Å². The van der Waals surface area contributed by atoms with Crippen molar-refractivity contribution in [3.63, 3.8) is 0 Å². The third-order valence-electron chi connectivity index (χ3n) is 4.64. The van der Waals surface area contributed by atoms with Gasteiger partial charge in [-0.2, -0.15) is 0 Å². The summed E-state index contributed by atoms with van der Waals surface area (Å²) in [5.41, 5.74) is -0.123. The van der Waals surface area contributed by atoms with E-state index in [-0.39, 0.29) is 22.3 Å². The van der Waals surface area contributed by atoms with Crippen molar-refractivity contribution in [1.82, 2.24) is 4.57 Å². The van der Waals surface area contributed by atoms with Gasteiger partial charge in [0.1, 0.15) is 23.2 Å². The lowest BCUT2D eigenvalue weighted by atomic mass is 10.1. The first kappa shape index (κ1) is 17.5. The largest absolute Gasteiger partial charge is 0.506 e. The summed E-state index contributed by atoms with van der Waals surface area (Å²) in [5.74, 6) is -1.07. The summed E-state index contributed by atoms with van der Waals surface area (Å²) >= 11 is 0. The maximum Gasteiger partial charge on any atom is 0.265 e. The number of hydrogen-bond acceptors (Lipinski definition) is 5. The highest BCUT2D eigenvalue weighted by atomic mass is 16.3. The van der Waals surface area contributed by atoms with Gasteiger partial charge in [0, 0.05) is 12.4 Å². The van der Waals surface area contributed by atoms with Crippen molar-refractivity contribution in [2.45, 2.75) is 0 Å². The van der Waals surface area contributed by atoms with Crippen molar-refractivity contribution >= 4 is 33.7 Å². The molecule has 0 fully saturated rings. The summed E-state index contributed by atoms with van der Waals surface area (Å²) in [5, 5.41) is 11.3. The standard InChI is InChI=1S/C22H15NO5/c1-23-16-8-4-2-6-14(16)21(26)19(22(23)27)17(24)11-10-13-12-28-18-9-5-3-7-15(18)20(13)25/h2-12,26H,1H3/b11-10+. The molecule has 0 saturated heterocycles. The number of carbonyl (C=O) groups is 1. The zero-order valence-electron chi connectivity index (χ0n) is 14.9. The Morgan fingerprint density at radius 1 is 1.04 bits per heavy atom. The smallest absolute Gasteiger partial charge is 0.265 e. The molecule has 0 atom stereocenters. The van der Waals surface area contributed by atoms with E-state index >= 15 is 0 Å². The Hall–Kier alpha value is -3.93. The molecule has 0 unspecified atom stereocenters. The number of pyridine rings is 1. The zero-order valence-corrected chi connectivity index (χ0v) is 14.9. The molecule has 0 spiro atoms. The Morgan fingerprint density at radius 3 is 2.50 bits per heavy atom. The molecule has 0 radical (unpaired) electrons. The number of para-hydroxylation sites is 2. The van der Waals surface area contributed by atoms with Crippen LogP contribution in [0, 0.1) is 0 Å². The van der Waals surface area contributed by atoms with Crippen molar-refractivity contribution < 1.29 is 14.3 Å². The number of hydrogen-bond donors (Lipinski definition) is 1. The molecule has 4 aromatic rings. The summed E-state index contributed by atoms with van der Waals surface area (Å²) in [6.07, 6.45) is 3.63. The van der Waals surface area contributed by atoms with E-state index < -0.39 is 11.3 Å². The minimum absolute atomic E-state index is 0.171. The molecule has 4 rings (SSSR count). The third-order valence-corrected chi connectivity index (χ3v) is 4.64. The lowest BCUT2D eigenvalue weighted by Gasteiger charge is -2.09. The molecule has 0 aliphatic rings. The number of ketones is 1. The molecule has 138 valence electrons. The highest BCUT2D eigenvalue weighted by molar-refractivity contribution is 6.11. The van der Waals surface area contributed by atoms with Crippen LogP contribution in [0.5, 0.6) is 5.75 Å². The minimum atomic E-state index is -0.698. The molecule has 2 aromatic carbocycles. The molecule has 1 N–H and O–H groups in total. The van der Waals surface area contributed by atoms with Gasteiger partial charge in [0.05, 0.1) is 16.5 Å². The van der Waals surface area contributed by atoms with Crippen LogP contribution >= 0.6 is 0 Å². The molecule has 2 heterocycles. The topological polar surface area (TPSA) is 89.5 Å². The fourth-order valence-electron chi connectivity index (χ4n) is 3.16. The molecule has 0 amide bonds. The highest BCUT2D eigenvalue weighted by Crippen LogP contribution is 2.26. The number of aromatic hydroxyl groups is 1. The van der Waals surface area contributed by atoms with Crippen molar-refractivity contribution in [3.8, 4) is 5.75 Å². The zero-order chi connectivity index (χ0) is 19.8. The predicted octanol–water partition coefficient (Wildman–Crippen LogP) is 3.25.